The fourth-order valence-electron chi connectivity index (χ4n) is 4.46. The van der Waals surface area contributed by atoms with Crippen molar-refractivity contribution in [1.82, 2.24) is 0 Å². The van der Waals surface area contributed by atoms with Crippen LogP contribution in [-0.2, 0) is 19.1 Å². The van der Waals surface area contributed by atoms with Crippen LogP contribution in [0.5, 0.6) is 0 Å². The molecule has 2 aliphatic heterocycles. The average Bonchev–Trinajstić information content (AvgIpc) is 3.32. The van der Waals surface area contributed by atoms with Gasteiger partial charge in [0, 0.05) is 0 Å². The van der Waals surface area contributed by atoms with Crippen LogP contribution in [0.3, 0.4) is 0 Å². The first-order chi connectivity index (χ1) is 14.5. The SMILES string of the molecule is C=C.CC(C)(CCCC1CCC(CCCC2CCC(CC(C)(C)C(=O)O)O2)O1)C(=O)O. The predicted molar refractivity (Wildman–Crippen MR) is 122 cm³/mol. The summed E-state index contributed by atoms with van der Waals surface area (Å²) in [6.07, 6.45) is 11.3. The average molecular weight is 441 g/mol. The standard InChI is InChI=1S/C23H40O6.C2H4/c1-22(2,20(24)25)14-6-9-18-11-10-16(28-18)7-5-8-17-12-13-19(29-17)15-23(3,4)21(26)27;1-2/h16-19H,5-15H2,1-4H3,(H,24,25)(H,26,27);1-2H2. The molecule has 31 heavy (non-hydrogen) atoms. The van der Waals surface area contributed by atoms with Crippen molar-refractivity contribution in [3.05, 3.63) is 13.2 Å². The van der Waals surface area contributed by atoms with E-state index in [0.717, 1.165) is 57.8 Å². The van der Waals surface area contributed by atoms with Gasteiger partial charge in [0.25, 0.3) is 0 Å². The Balaban J connectivity index is 0.00000233. The fourth-order valence-corrected chi connectivity index (χ4v) is 4.46. The van der Waals surface area contributed by atoms with Crippen LogP contribution in [0.4, 0.5) is 0 Å². The van der Waals surface area contributed by atoms with Crippen molar-refractivity contribution >= 4 is 11.9 Å². The van der Waals surface area contributed by atoms with Gasteiger partial charge in [0.05, 0.1) is 35.2 Å². The van der Waals surface area contributed by atoms with Gasteiger partial charge in [-0.15, -0.1) is 13.2 Å². The molecule has 2 N–H and O–H groups in total. The minimum absolute atomic E-state index is 0.0632. The van der Waals surface area contributed by atoms with Gasteiger partial charge in [-0.2, -0.15) is 0 Å². The third-order valence-corrected chi connectivity index (χ3v) is 6.67. The van der Waals surface area contributed by atoms with Crippen molar-refractivity contribution in [3.63, 3.8) is 0 Å². The maximum absolute atomic E-state index is 11.3. The molecule has 2 rings (SSSR count). The zero-order chi connectivity index (χ0) is 23.7. The number of ether oxygens (including phenoxy) is 2. The number of carbonyl (C=O) groups is 2. The van der Waals surface area contributed by atoms with Gasteiger partial charge in [-0.25, -0.2) is 0 Å². The lowest BCUT2D eigenvalue weighted by molar-refractivity contribution is -0.149. The Morgan fingerprint density at radius 2 is 1.13 bits per heavy atom. The quantitative estimate of drug-likeness (QED) is 0.371. The Morgan fingerprint density at radius 3 is 1.58 bits per heavy atom. The summed E-state index contributed by atoms with van der Waals surface area (Å²) in [6.45, 7) is 13.1. The molecular weight excluding hydrogens is 396 g/mol. The fraction of sp³-hybridized carbons (Fsp3) is 0.840. The van der Waals surface area contributed by atoms with E-state index in [-0.39, 0.29) is 18.3 Å². The molecule has 2 saturated heterocycles. The highest BCUT2D eigenvalue weighted by molar-refractivity contribution is 5.73. The van der Waals surface area contributed by atoms with E-state index in [1.54, 1.807) is 27.7 Å². The molecule has 2 fully saturated rings. The topological polar surface area (TPSA) is 93.1 Å². The number of carboxylic acid groups (broad SMARTS) is 2. The normalized spacial score (nSPS) is 26.3. The lowest BCUT2D eigenvalue weighted by atomic mass is 9.86. The Bertz CT molecular complexity index is 570. The Morgan fingerprint density at radius 1 is 0.742 bits per heavy atom. The summed E-state index contributed by atoms with van der Waals surface area (Å²) in [5.41, 5.74) is -1.39. The molecular formula is C25H44O6. The van der Waals surface area contributed by atoms with Gasteiger partial charge < -0.3 is 19.7 Å². The summed E-state index contributed by atoms with van der Waals surface area (Å²) in [7, 11) is 0. The van der Waals surface area contributed by atoms with E-state index in [2.05, 4.69) is 13.2 Å². The second-order valence-corrected chi connectivity index (χ2v) is 10.3. The van der Waals surface area contributed by atoms with Gasteiger partial charge in [0.15, 0.2) is 0 Å². The first kappa shape index (κ1) is 27.6. The van der Waals surface area contributed by atoms with Crippen molar-refractivity contribution < 1.29 is 29.3 Å². The Hall–Kier alpha value is -1.40. The minimum Gasteiger partial charge on any atom is -0.481 e. The van der Waals surface area contributed by atoms with E-state index >= 15 is 0 Å². The molecule has 4 atom stereocenters. The summed E-state index contributed by atoms with van der Waals surface area (Å²) in [6, 6.07) is 0. The zero-order valence-electron chi connectivity index (χ0n) is 20.0. The van der Waals surface area contributed by atoms with E-state index < -0.39 is 22.8 Å². The summed E-state index contributed by atoms with van der Waals surface area (Å²) in [5.74, 6) is -1.49. The second-order valence-electron chi connectivity index (χ2n) is 10.3. The van der Waals surface area contributed by atoms with Crippen LogP contribution >= 0.6 is 0 Å². The number of hydrogen-bond donors (Lipinski definition) is 2. The van der Waals surface area contributed by atoms with Gasteiger partial charge in [0.1, 0.15) is 0 Å². The van der Waals surface area contributed by atoms with Crippen molar-refractivity contribution in [1.29, 1.82) is 0 Å². The lowest BCUT2D eigenvalue weighted by Crippen LogP contribution is -2.29. The molecule has 4 unspecified atom stereocenters. The van der Waals surface area contributed by atoms with Crippen LogP contribution in [0.25, 0.3) is 0 Å². The van der Waals surface area contributed by atoms with Crippen molar-refractivity contribution in [3.8, 4) is 0 Å². The van der Waals surface area contributed by atoms with Gasteiger partial charge in [-0.1, -0.05) is 0 Å². The molecule has 0 saturated carbocycles. The number of rotatable bonds is 12. The Labute approximate surface area is 188 Å². The van der Waals surface area contributed by atoms with Crippen molar-refractivity contribution in [2.24, 2.45) is 10.8 Å². The van der Waals surface area contributed by atoms with Crippen LogP contribution in [0, 0.1) is 10.8 Å². The van der Waals surface area contributed by atoms with E-state index in [9.17, 15) is 19.8 Å². The smallest absolute Gasteiger partial charge is 0.309 e. The van der Waals surface area contributed by atoms with Gasteiger partial charge in [0.2, 0.25) is 0 Å². The molecule has 6 heteroatoms. The largest absolute Gasteiger partial charge is 0.481 e. The van der Waals surface area contributed by atoms with E-state index in [4.69, 9.17) is 9.47 Å². The van der Waals surface area contributed by atoms with Crippen molar-refractivity contribution in [2.45, 2.75) is 123 Å². The first-order valence-corrected chi connectivity index (χ1v) is 11.8. The molecule has 2 aliphatic rings. The molecule has 0 spiro atoms. The summed E-state index contributed by atoms with van der Waals surface area (Å²) in [5, 5.41) is 18.5. The molecule has 0 aromatic carbocycles. The van der Waals surface area contributed by atoms with Crippen LogP contribution in [-0.4, -0.2) is 46.6 Å². The molecule has 0 bridgehead atoms. The van der Waals surface area contributed by atoms with E-state index in [0.29, 0.717) is 18.9 Å². The molecule has 2 heterocycles. The third-order valence-electron chi connectivity index (χ3n) is 6.67. The van der Waals surface area contributed by atoms with Crippen LogP contribution < -0.4 is 0 Å². The van der Waals surface area contributed by atoms with Crippen molar-refractivity contribution in [2.75, 3.05) is 0 Å². The highest BCUT2D eigenvalue weighted by atomic mass is 16.5. The number of carboxylic acids is 2. The minimum atomic E-state index is -0.760. The second kappa shape index (κ2) is 12.6. The van der Waals surface area contributed by atoms with E-state index in [1.807, 2.05) is 0 Å². The molecule has 0 radical (unpaired) electrons. The highest BCUT2D eigenvalue weighted by Crippen LogP contribution is 2.34. The van der Waals surface area contributed by atoms with Gasteiger partial charge in [-0.05, 0) is 98.3 Å². The van der Waals surface area contributed by atoms with Crippen LogP contribution in [0.2, 0.25) is 0 Å². The molecule has 0 aliphatic carbocycles. The third kappa shape index (κ3) is 9.32. The molecule has 0 amide bonds. The highest BCUT2D eigenvalue weighted by Gasteiger charge is 2.35. The Kier molecular flexibility index (Phi) is 11.2. The maximum atomic E-state index is 11.3. The molecule has 6 nitrogen and oxygen atoms in total. The summed E-state index contributed by atoms with van der Waals surface area (Å²) >= 11 is 0. The zero-order valence-corrected chi connectivity index (χ0v) is 20.0. The predicted octanol–water partition coefficient (Wildman–Crippen LogP) is 5.84. The maximum Gasteiger partial charge on any atom is 0.309 e. The van der Waals surface area contributed by atoms with Crippen LogP contribution in [0.15, 0.2) is 13.2 Å². The number of hydrogen-bond acceptors (Lipinski definition) is 4. The summed E-state index contributed by atoms with van der Waals surface area (Å²) in [4.78, 5) is 22.5. The number of aliphatic carboxylic acids is 2. The van der Waals surface area contributed by atoms with Gasteiger partial charge in [-0.3, -0.25) is 9.59 Å². The first-order valence-electron chi connectivity index (χ1n) is 11.8. The van der Waals surface area contributed by atoms with Crippen LogP contribution in [0.1, 0.15) is 98.3 Å². The monoisotopic (exact) mass is 440 g/mol. The molecule has 180 valence electrons. The summed E-state index contributed by atoms with van der Waals surface area (Å²) < 4.78 is 12.2. The van der Waals surface area contributed by atoms with E-state index in [1.165, 1.54) is 0 Å². The van der Waals surface area contributed by atoms with Gasteiger partial charge >= 0.3 is 11.9 Å². The molecule has 0 aromatic heterocycles. The molecule has 0 aromatic rings. The lowest BCUT2D eigenvalue weighted by Gasteiger charge is -2.23.